The number of hydrogen-bond donors (Lipinski definition) is 0. The van der Waals surface area contributed by atoms with Crippen LogP contribution in [0.25, 0.3) is 0 Å². The van der Waals surface area contributed by atoms with Gasteiger partial charge in [0, 0.05) is 15.5 Å². The average molecular weight is 261 g/mol. The first-order chi connectivity index (χ1) is 5.18. The van der Waals surface area contributed by atoms with Crippen LogP contribution in [0.2, 0.25) is 0 Å². The van der Waals surface area contributed by atoms with Gasteiger partial charge in [0.25, 0.3) is 0 Å². The van der Waals surface area contributed by atoms with Crippen molar-refractivity contribution in [2.45, 2.75) is 20.3 Å². The molecule has 1 rings (SSSR count). The summed E-state index contributed by atoms with van der Waals surface area (Å²) in [5.74, 6) is 0.697. The Labute approximate surface area is 81.4 Å². The molecule has 0 spiro atoms. The zero-order valence-corrected chi connectivity index (χ0v) is 9.00. The normalized spacial score (nSPS) is 10.5. The Morgan fingerprint density at radius 1 is 1.45 bits per heavy atom. The Morgan fingerprint density at radius 3 is 2.64 bits per heavy atom. The molecule has 0 amide bonds. The van der Waals surface area contributed by atoms with Gasteiger partial charge in [-0.2, -0.15) is 0 Å². The van der Waals surface area contributed by atoms with Crippen LogP contribution in [-0.4, -0.2) is 4.98 Å². The Bertz CT molecular complexity index is 216. The van der Waals surface area contributed by atoms with Crippen LogP contribution >= 0.6 is 22.6 Å². The molecule has 1 aromatic rings. The van der Waals surface area contributed by atoms with Gasteiger partial charge in [-0.05, 0) is 47.1 Å². The lowest BCUT2D eigenvalue weighted by Gasteiger charge is -2.02. The van der Waals surface area contributed by atoms with Crippen molar-refractivity contribution in [1.82, 2.24) is 4.98 Å². The molecule has 0 N–H and O–H groups in total. The minimum atomic E-state index is 0.697. The van der Waals surface area contributed by atoms with Crippen LogP contribution < -0.4 is 0 Å². The van der Waals surface area contributed by atoms with Gasteiger partial charge in [-0.1, -0.05) is 13.8 Å². The minimum Gasteiger partial charge on any atom is -0.260 e. The molecule has 0 aliphatic carbocycles. The van der Waals surface area contributed by atoms with Gasteiger partial charge in [-0.3, -0.25) is 4.98 Å². The predicted molar refractivity (Wildman–Crippen MR) is 55.5 cm³/mol. The second-order valence-corrected chi connectivity index (χ2v) is 4.31. The zero-order valence-electron chi connectivity index (χ0n) is 6.84. The maximum atomic E-state index is 4.31. The van der Waals surface area contributed by atoms with Crippen molar-refractivity contribution in [2.24, 2.45) is 5.92 Å². The minimum absolute atomic E-state index is 0.697. The first kappa shape index (κ1) is 8.97. The van der Waals surface area contributed by atoms with Gasteiger partial charge < -0.3 is 0 Å². The topological polar surface area (TPSA) is 12.9 Å². The van der Waals surface area contributed by atoms with Gasteiger partial charge >= 0.3 is 0 Å². The monoisotopic (exact) mass is 261 g/mol. The highest BCUT2D eigenvalue weighted by molar-refractivity contribution is 14.1. The van der Waals surface area contributed by atoms with Gasteiger partial charge in [0.05, 0.1) is 0 Å². The van der Waals surface area contributed by atoms with E-state index in [0.29, 0.717) is 5.92 Å². The van der Waals surface area contributed by atoms with Gasteiger partial charge in [0.2, 0.25) is 0 Å². The molecule has 0 unspecified atom stereocenters. The molecule has 1 aromatic heterocycles. The maximum absolute atomic E-state index is 4.31. The summed E-state index contributed by atoms with van der Waals surface area (Å²) in [5, 5.41) is 0. The van der Waals surface area contributed by atoms with E-state index in [2.05, 4.69) is 53.6 Å². The lowest BCUT2D eigenvalue weighted by Crippen LogP contribution is -1.96. The third kappa shape index (κ3) is 3.18. The second-order valence-electron chi connectivity index (χ2n) is 3.07. The molecule has 0 saturated carbocycles. The number of pyridine rings is 1. The summed E-state index contributed by atoms with van der Waals surface area (Å²) in [6.07, 6.45) is 3.00. The van der Waals surface area contributed by atoms with E-state index in [9.17, 15) is 0 Å². The third-order valence-electron chi connectivity index (χ3n) is 1.41. The first-order valence-electron chi connectivity index (χ1n) is 3.79. The van der Waals surface area contributed by atoms with Crippen LogP contribution in [0.15, 0.2) is 18.3 Å². The van der Waals surface area contributed by atoms with Crippen LogP contribution in [0, 0.1) is 9.49 Å². The van der Waals surface area contributed by atoms with Gasteiger partial charge in [0.15, 0.2) is 0 Å². The predicted octanol–water partition coefficient (Wildman–Crippen LogP) is 2.88. The van der Waals surface area contributed by atoms with E-state index < -0.39 is 0 Å². The second kappa shape index (κ2) is 4.04. The smallest absolute Gasteiger partial charge is 0.0406 e. The molecule has 0 aliphatic rings. The molecule has 0 fully saturated rings. The van der Waals surface area contributed by atoms with Crippen molar-refractivity contribution in [3.05, 3.63) is 27.6 Å². The van der Waals surface area contributed by atoms with Crippen molar-refractivity contribution in [3.8, 4) is 0 Å². The fraction of sp³-hybridized carbons (Fsp3) is 0.444. The van der Waals surface area contributed by atoms with Crippen molar-refractivity contribution < 1.29 is 0 Å². The summed E-state index contributed by atoms with van der Waals surface area (Å²) in [5.41, 5.74) is 1.19. The van der Waals surface area contributed by atoms with E-state index in [1.165, 1.54) is 9.26 Å². The highest BCUT2D eigenvalue weighted by atomic mass is 127. The molecule has 1 nitrogen and oxygen atoms in total. The largest absolute Gasteiger partial charge is 0.260 e. The number of aromatic nitrogens is 1. The Balaban J connectivity index is 2.66. The molecule has 0 atom stereocenters. The standard InChI is InChI=1S/C9H12IN/c1-7(2)5-9-4-3-8(10)6-11-9/h3-4,6-7H,5H2,1-2H3. The molecular formula is C9H12IN. The number of hydrogen-bond acceptors (Lipinski definition) is 1. The first-order valence-corrected chi connectivity index (χ1v) is 4.87. The highest BCUT2D eigenvalue weighted by Gasteiger charge is 1.97. The van der Waals surface area contributed by atoms with E-state index in [4.69, 9.17) is 0 Å². The fourth-order valence-corrected chi connectivity index (χ4v) is 1.26. The number of nitrogens with zero attached hydrogens (tertiary/aromatic N) is 1. The Hall–Kier alpha value is -0.120. The summed E-state index contributed by atoms with van der Waals surface area (Å²) >= 11 is 2.27. The Morgan fingerprint density at radius 2 is 2.18 bits per heavy atom. The van der Waals surface area contributed by atoms with Crippen LogP contribution in [0.3, 0.4) is 0 Å². The average Bonchev–Trinajstić information content (AvgIpc) is 1.93. The van der Waals surface area contributed by atoms with E-state index >= 15 is 0 Å². The highest BCUT2D eigenvalue weighted by Crippen LogP contribution is 2.07. The van der Waals surface area contributed by atoms with Gasteiger partial charge in [0.1, 0.15) is 0 Å². The van der Waals surface area contributed by atoms with Crippen molar-refractivity contribution in [3.63, 3.8) is 0 Å². The number of rotatable bonds is 2. The van der Waals surface area contributed by atoms with E-state index in [0.717, 1.165) is 6.42 Å². The van der Waals surface area contributed by atoms with Crippen LogP contribution in [-0.2, 0) is 6.42 Å². The Kier molecular flexibility index (Phi) is 3.30. The van der Waals surface area contributed by atoms with E-state index in [1.807, 2.05) is 6.20 Å². The maximum Gasteiger partial charge on any atom is 0.0406 e. The van der Waals surface area contributed by atoms with Crippen LogP contribution in [0.1, 0.15) is 19.5 Å². The summed E-state index contributed by atoms with van der Waals surface area (Å²) in [7, 11) is 0. The molecule has 1 heterocycles. The third-order valence-corrected chi connectivity index (χ3v) is 2.04. The van der Waals surface area contributed by atoms with Gasteiger partial charge in [-0.15, -0.1) is 0 Å². The van der Waals surface area contributed by atoms with Crippen molar-refractivity contribution in [1.29, 1.82) is 0 Å². The molecule has 0 radical (unpaired) electrons. The number of halogens is 1. The fourth-order valence-electron chi connectivity index (χ4n) is 0.945. The summed E-state index contributed by atoms with van der Waals surface area (Å²) in [4.78, 5) is 4.31. The molecule has 0 saturated heterocycles. The lowest BCUT2D eigenvalue weighted by atomic mass is 10.1. The molecule has 11 heavy (non-hydrogen) atoms. The van der Waals surface area contributed by atoms with Crippen molar-refractivity contribution >= 4 is 22.6 Å². The lowest BCUT2D eigenvalue weighted by molar-refractivity contribution is 0.635. The molecule has 0 aromatic carbocycles. The van der Waals surface area contributed by atoms with E-state index in [-0.39, 0.29) is 0 Å². The van der Waals surface area contributed by atoms with Crippen LogP contribution in [0.5, 0.6) is 0 Å². The molecule has 0 aliphatic heterocycles. The molecule has 60 valence electrons. The summed E-state index contributed by atoms with van der Waals surface area (Å²) < 4.78 is 1.20. The van der Waals surface area contributed by atoms with Gasteiger partial charge in [-0.25, -0.2) is 0 Å². The molecular weight excluding hydrogens is 249 g/mol. The van der Waals surface area contributed by atoms with E-state index in [1.54, 1.807) is 0 Å². The zero-order chi connectivity index (χ0) is 8.27. The summed E-state index contributed by atoms with van der Waals surface area (Å²) in [6.45, 7) is 4.42. The summed E-state index contributed by atoms with van der Waals surface area (Å²) in [6, 6.07) is 4.20. The SMILES string of the molecule is CC(C)Cc1ccc(I)cn1. The molecule has 2 heteroatoms. The molecule has 0 bridgehead atoms. The van der Waals surface area contributed by atoms with Crippen molar-refractivity contribution in [2.75, 3.05) is 0 Å². The van der Waals surface area contributed by atoms with Crippen LogP contribution in [0.4, 0.5) is 0 Å². The quantitative estimate of drug-likeness (QED) is 0.746.